The number of carbonyl (C=O) groups excluding carboxylic acids is 1. The van der Waals surface area contributed by atoms with Gasteiger partial charge in [0, 0.05) is 25.8 Å². The Morgan fingerprint density at radius 2 is 1.93 bits per heavy atom. The molecule has 1 fully saturated rings. The van der Waals surface area contributed by atoms with Gasteiger partial charge in [-0.3, -0.25) is 9.48 Å². The average molecular weight is 389 g/mol. The Hall–Kier alpha value is -2.39. The van der Waals surface area contributed by atoms with E-state index in [4.69, 9.17) is 0 Å². The molecule has 2 aromatic rings. The van der Waals surface area contributed by atoms with Gasteiger partial charge in [-0.15, -0.1) is 0 Å². The zero-order chi connectivity index (χ0) is 19.2. The van der Waals surface area contributed by atoms with Crippen LogP contribution in [0.25, 0.3) is 0 Å². The molecule has 1 aromatic carbocycles. The summed E-state index contributed by atoms with van der Waals surface area (Å²) in [7, 11) is -1.70. The van der Waals surface area contributed by atoms with Crippen LogP contribution in [-0.2, 0) is 17.1 Å². The molecule has 0 radical (unpaired) electrons. The molecule has 4 rings (SSSR count). The summed E-state index contributed by atoms with van der Waals surface area (Å²) in [6, 6.07) is 6.91. The minimum Gasteiger partial charge on any atom is -0.368 e. The van der Waals surface area contributed by atoms with E-state index in [0.29, 0.717) is 24.3 Å². The first-order valence-corrected chi connectivity index (χ1v) is 10.5. The van der Waals surface area contributed by atoms with E-state index in [1.54, 1.807) is 29.1 Å². The van der Waals surface area contributed by atoms with Crippen LogP contribution < -0.4 is 10.0 Å². The third kappa shape index (κ3) is 3.21. The van der Waals surface area contributed by atoms with E-state index in [1.165, 1.54) is 0 Å². The maximum Gasteiger partial charge on any atom is 0.257 e. The maximum atomic E-state index is 12.7. The highest BCUT2D eigenvalue weighted by Gasteiger charge is 2.36. The molecule has 3 heterocycles. The lowest BCUT2D eigenvalue weighted by molar-refractivity contribution is 0.0678. The molecule has 144 valence electrons. The molecule has 1 unspecified atom stereocenters. The number of fused-ring (bicyclic) bond motifs is 1. The van der Waals surface area contributed by atoms with E-state index >= 15 is 0 Å². The number of aromatic nitrogens is 2. The van der Waals surface area contributed by atoms with Crippen LogP contribution in [0.1, 0.15) is 28.9 Å². The number of rotatable bonds is 2. The molecule has 0 spiro atoms. The molecule has 2 N–H and O–H groups in total. The van der Waals surface area contributed by atoms with Crippen LogP contribution in [0.3, 0.4) is 0 Å². The fraction of sp³-hybridized carbons (Fsp3) is 0.444. The number of benzene rings is 1. The molecule has 2 aliphatic heterocycles. The largest absolute Gasteiger partial charge is 0.368 e. The van der Waals surface area contributed by atoms with Crippen LogP contribution in [0.2, 0.25) is 0 Å². The summed E-state index contributed by atoms with van der Waals surface area (Å²) in [6.07, 6.45) is 2.71. The number of hydrogen-bond donors (Lipinski definition) is 2. The Kier molecular flexibility index (Phi) is 4.43. The molecule has 1 saturated heterocycles. The van der Waals surface area contributed by atoms with Gasteiger partial charge in [0.2, 0.25) is 10.0 Å². The van der Waals surface area contributed by atoms with E-state index in [1.807, 2.05) is 24.9 Å². The lowest BCUT2D eigenvalue weighted by Crippen LogP contribution is -2.52. The van der Waals surface area contributed by atoms with Gasteiger partial charge >= 0.3 is 0 Å². The zero-order valence-corrected chi connectivity index (χ0v) is 16.2. The van der Waals surface area contributed by atoms with Crippen molar-refractivity contribution in [3.8, 4) is 0 Å². The van der Waals surface area contributed by atoms with Crippen molar-refractivity contribution in [1.29, 1.82) is 0 Å². The SMILES string of the molecule is Cc1c(C(=O)N2CCC(C3Nc4ccccc4S(=O)(=O)N3)CC2)cnn1C. The summed E-state index contributed by atoms with van der Waals surface area (Å²) in [6.45, 7) is 3.07. The quantitative estimate of drug-likeness (QED) is 0.807. The Morgan fingerprint density at radius 3 is 2.59 bits per heavy atom. The van der Waals surface area contributed by atoms with Gasteiger partial charge in [-0.05, 0) is 37.8 Å². The van der Waals surface area contributed by atoms with Crippen molar-refractivity contribution in [2.24, 2.45) is 13.0 Å². The highest BCUT2D eigenvalue weighted by molar-refractivity contribution is 7.89. The number of sulfonamides is 1. The predicted octanol–water partition coefficient (Wildman–Crippen LogP) is 1.31. The van der Waals surface area contributed by atoms with Crippen molar-refractivity contribution >= 4 is 21.6 Å². The van der Waals surface area contributed by atoms with Crippen molar-refractivity contribution in [3.05, 3.63) is 41.7 Å². The second-order valence-corrected chi connectivity index (χ2v) is 8.82. The van der Waals surface area contributed by atoms with Crippen molar-refractivity contribution in [1.82, 2.24) is 19.4 Å². The zero-order valence-electron chi connectivity index (χ0n) is 15.3. The average Bonchev–Trinajstić information content (AvgIpc) is 2.99. The molecule has 1 aromatic heterocycles. The Balaban J connectivity index is 1.44. The highest BCUT2D eigenvalue weighted by atomic mass is 32.2. The van der Waals surface area contributed by atoms with Crippen molar-refractivity contribution < 1.29 is 13.2 Å². The van der Waals surface area contributed by atoms with Crippen LogP contribution in [0.5, 0.6) is 0 Å². The molecule has 9 heteroatoms. The van der Waals surface area contributed by atoms with E-state index in [2.05, 4.69) is 15.1 Å². The first kappa shape index (κ1) is 18.0. The highest BCUT2D eigenvalue weighted by Crippen LogP contribution is 2.31. The number of anilines is 1. The fourth-order valence-electron chi connectivity index (χ4n) is 3.78. The Bertz CT molecular complexity index is 977. The van der Waals surface area contributed by atoms with Crippen molar-refractivity contribution in [3.63, 3.8) is 0 Å². The van der Waals surface area contributed by atoms with E-state index in [9.17, 15) is 13.2 Å². The topological polar surface area (TPSA) is 96.3 Å². The molecule has 2 aliphatic rings. The fourth-order valence-corrected chi connectivity index (χ4v) is 5.16. The second-order valence-electron chi connectivity index (χ2n) is 7.14. The van der Waals surface area contributed by atoms with E-state index < -0.39 is 10.0 Å². The van der Waals surface area contributed by atoms with Gasteiger partial charge in [0.15, 0.2) is 0 Å². The monoisotopic (exact) mass is 389 g/mol. The van der Waals surface area contributed by atoms with Gasteiger partial charge < -0.3 is 10.2 Å². The standard InChI is InChI=1S/C18H23N5O3S/c1-12-14(11-19-22(12)2)18(24)23-9-7-13(8-10-23)17-20-15-5-3-4-6-16(15)27(25,26)21-17/h3-6,11,13,17,20-21H,7-10H2,1-2H3. The van der Waals surface area contributed by atoms with Gasteiger partial charge in [-0.1, -0.05) is 12.1 Å². The summed E-state index contributed by atoms with van der Waals surface area (Å²) in [4.78, 5) is 14.8. The number of nitrogens with zero attached hydrogens (tertiary/aromatic N) is 3. The Morgan fingerprint density at radius 1 is 1.22 bits per heavy atom. The lowest BCUT2D eigenvalue weighted by Gasteiger charge is -2.38. The molecular weight excluding hydrogens is 366 g/mol. The van der Waals surface area contributed by atoms with E-state index in [-0.39, 0.29) is 22.9 Å². The van der Waals surface area contributed by atoms with Gasteiger partial charge in [-0.2, -0.15) is 9.82 Å². The molecule has 8 nitrogen and oxygen atoms in total. The number of nitrogens with one attached hydrogen (secondary N) is 2. The molecule has 1 amide bonds. The van der Waals surface area contributed by atoms with Crippen LogP contribution in [0, 0.1) is 12.8 Å². The summed E-state index contributed by atoms with van der Waals surface area (Å²) in [5, 5.41) is 7.44. The summed E-state index contributed by atoms with van der Waals surface area (Å²) < 4.78 is 29.4. The number of amides is 1. The van der Waals surface area contributed by atoms with Gasteiger partial charge in [-0.25, -0.2) is 8.42 Å². The minimum atomic E-state index is -3.52. The first-order chi connectivity index (χ1) is 12.9. The molecule has 0 bridgehead atoms. The molecule has 1 atom stereocenters. The van der Waals surface area contributed by atoms with Crippen LogP contribution >= 0.6 is 0 Å². The normalized spacial score (nSPS) is 22.1. The van der Waals surface area contributed by atoms with Gasteiger partial charge in [0.05, 0.1) is 23.6 Å². The number of aryl methyl sites for hydroxylation is 1. The minimum absolute atomic E-state index is 0.0124. The molecule has 27 heavy (non-hydrogen) atoms. The van der Waals surface area contributed by atoms with Crippen molar-refractivity contribution in [2.45, 2.75) is 30.8 Å². The summed E-state index contributed by atoms with van der Waals surface area (Å²) in [5.74, 6) is 0.105. The smallest absolute Gasteiger partial charge is 0.257 e. The summed E-state index contributed by atoms with van der Waals surface area (Å²) >= 11 is 0. The van der Waals surface area contributed by atoms with Crippen LogP contribution in [0.4, 0.5) is 5.69 Å². The number of piperidine rings is 1. The lowest BCUT2D eigenvalue weighted by atomic mass is 9.93. The number of hydrogen-bond acceptors (Lipinski definition) is 5. The van der Waals surface area contributed by atoms with E-state index in [0.717, 1.165) is 18.5 Å². The molecule has 0 aliphatic carbocycles. The third-order valence-corrected chi connectivity index (χ3v) is 7.03. The Labute approximate surface area is 158 Å². The molecule has 0 saturated carbocycles. The van der Waals surface area contributed by atoms with Crippen LogP contribution in [0.15, 0.2) is 35.4 Å². The second kappa shape index (κ2) is 6.65. The maximum absolute atomic E-state index is 12.7. The molecular formula is C18H23N5O3S. The van der Waals surface area contributed by atoms with Gasteiger partial charge in [0.1, 0.15) is 4.90 Å². The van der Waals surface area contributed by atoms with Gasteiger partial charge in [0.25, 0.3) is 5.91 Å². The van der Waals surface area contributed by atoms with Crippen LogP contribution in [-0.4, -0.2) is 48.3 Å². The summed E-state index contributed by atoms with van der Waals surface area (Å²) in [5.41, 5.74) is 2.10. The number of para-hydroxylation sites is 1. The third-order valence-electron chi connectivity index (χ3n) is 5.53. The first-order valence-electron chi connectivity index (χ1n) is 9.02. The predicted molar refractivity (Wildman–Crippen MR) is 101 cm³/mol. The number of likely N-dealkylation sites (tertiary alicyclic amines) is 1. The number of carbonyl (C=O) groups is 1. The van der Waals surface area contributed by atoms with Crippen molar-refractivity contribution in [2.75, 3.05) is 18.4 Å².